The van der Waals surface area contributed by atoms with E-state index in [1.165, 1.54) is 12.1 Å². The molecule has 2 aromatic heterocycles. The highest BCUT2D eigenvalue weighted by Crippen LogP contribution is 2.29. The lowest BCUT2D eigenvalue weighted by Crippen LogP contribution is -2.04. The molecular formula is C15H13FN2O2. The van der Waals surface area contributed by atoms with Gasteiger partial charge in [0.05, 0.1) is 11.4 Å². The van der Waals surface area contributed by atoms with Crippen LogP contribution in [0.1, 0.15) is 28.8 Å². The number of hydrogen-bond acceptors (Lipinski definition) is 4. The van der Waals surface area contributed by atoms with Crippen molar-refractivity contribution in [3.63, 3.8) is 0 Å². The van der Waals surface area contributed by atoms with Gasteiger partial charge in [0.2, 0.25) is 0 Å². The Labute approximate surface area is 114 Å². The Hall–Kier alpha value is -2.27. The molecule has 2 heterocycles. The third-order valence-corrected chi connectivity index (χ3v) is 3.20. The summed E-state index contributed by atoms with van der Waals surface area (Å²) in [5.41, 5.74) is 2.52. The van der Waals surface area contributed by atoms with Gasteiger partial charge in [-0.25, -0.2) is 4.39 Å². The van der Waals surface area contributed by atoms with Crippen molar-refractivity contribution in [2.24, 2.45) is 0 Å². The summed E-state index contributed by atoms with van der Waals surface area (Å²) in [4.78, 5) is 0. The van der Waals surface area contributed by atoms with Gasteiger partial charge in [-0.05, 0) is 44.2 Å². The van der Waals surface area contributed by atoms with Gasteiger partial charge in [0.15, 0.2) is 0 Å². The molecule has 0 radical (unpaired) electrons. The first kappa shape index (κ1) is 12.7. The minimum atomic E-state index is -0.945. The number of benzene rings is 1. The van der Waals surface area contributed by atoms with E-state index in [0.717, 1.165) is 0 Å². The number of aryl methyl sites for hydroxylation is 2. The average molecular weight is 272 g/mol. The molecule has 20 heavy (non-hydrogen) atoms. The van der Waals surface area contributed by atoms with Crippen LogP contribution < -0.4 is 0 Å². The summed E-state index contributed by atoms with van der Waals surface area (Å²) in [7, 11) is 0. The first-order chi connectivity index (χ1) is 9.54. The lowest BCUT2D eigenvalue weighted by atomic mass is 10.1. The van der Waals surface area contributed by atoms with E-state index in [9.17, 15) is 9.50 Å². The molecule has 102 valence electrons. The molecule has 1 unspecified atom stereocenters. The van der Waals surface area contributed by atoms with Crippen molar-refractivity contribution in [3.05, 3.63) is 58.9 Å². The lowest BCUT2D eigenvalue weighted by Gasteiger charge is -2.10. The molecule has 0 fully saturated rings. The van der Waals surface area contributed by atoms with Crippen LogP contribution in [0.2, 0.25) is 0 Å². The molecule has 0 aliphatic rings. The summed E-state index contributed by atoms with van der Waals surface area (Å²) in [6.45, 7) is 3.57. The minimum absolute atomic E-state index is 0.336. The molecule has 0 saturated heterocycles. The van der Waals surface area contributed by atoms with Crippen molar-refractivity contribution in [3.8, 4) is 0 Å². The predicted molar refractivity (Wildman–Crippen MR) is 71.7 cm³/mol. The van der Waals surface area contributed by atoms with Gasteiger partial charge in [-0.2, -0.15) is 10.2 Å². The monoisotopic (exact) mass is 272 g/mol. The molecule has 0 aliphatic heterocycles. The zero-order chi connectivity index (χ0) is 14.3. The first-order valence-corrected chi connectivity index (χ1v) is 6.22. The van der Waals surface area contributed by atoms with Gasteiger partial charge in [-0.3, -0.25) is 0 Å². The molecule has 0 spiro atoms. The smallest absolute Gasteiger partial charge is 0.139 e. The molecule has 1 atom stereocenters. The van der Waals surface area contributed by atoms with Crippen molar-refractivity contribution < 1.29 is 13.9 Å². The molecule has 0 saturated carbocycles. The molecular weight excluding hydrogens is 259 g/mol. The number of aromatic nitrogens is 2. The van der Waals surface area contributed by atoms with Crippen LogP contribution in [0.3, 0.4) is 0 Å². The van der Waals surface area contributed by atoms with Crippen LogP contribution in [0.5, 0.6) is 0 Å². The second-order valence-corrected chi connectivity index (χ2v) is 4.76. The van der Waals surface area contributed by atoms with E-state index in [1.807, 2.05) is 0 Å². The van der Waals surface area contributed by atoms with E-state index in [2.05, 4.69) is 10.2 Å². The second kappa shape index (κ2) is 4.68. The molecule has 1 aromatic carbocycles. The fourth-order valence-corrected chi connectivity index (χ4v) is 2.17. The van der Waals surface area contributed by atoms with Crippen molar-refractivity contribution in [1.29, 1.82) is 0 Å². The number of fused-ring (bicyclic) bond motifs is 1. The van der Waals surface area contributed by atoms with E-state index in [-0.39, 0.29) is 5.82 Å². The Morgan fingerprint density at radius 3 is 2.75 bits per heavy atom. The molecule has 1 N–H and O–H groups in total. The van der Waals surface area contributed by atoms with Crippen molar-refractivity contribution in [1.82, 2.24) is 10.2 Å². The molecule has 5 heteroatoms. The minimum Gasteiger partial charge on any atom is -0.458 e. The molecule has 0 amide bonds. The second-order valence-electron chi connectivity index (χ2n) is 4.76. The van der Waals surface area contributed by atoms with E-state index in [1.54, 1.807) is 32.0 Å². The summed E-state index contributed by atoms with van der Waals surface area (Å²) in [6.07, 6.45) is -0.945. The van der Waals surface area contributed by atoms with E-state index < -0.39 is 6.10 Å². The van der Waals surface area contributed by atoms with E-state index in [0.29, 0.717) is 33.7 Å². The van der Waals surface area contributed by atoms with Crippen molar-refractivity contribution in [2.75, 3.05) is 0 Å². The van der Waals surface area contributed by atoms with Gasteiger partial charge in [-0.1, -0.05) is 0 Å². The zero-order valence-corrected chi connectivity index (χ0v) is 11.1. The Balaban J connectivity index is 2.07. The Bertz CT molecular complexity index is 783. The maximum atomic E-state index is 13.2. The largest absolute Gasteiger partial charge is 0.458 e. The van der Waals surface area contributed by atoms with Gasteiger partial charge in [0.25, 0.3) is 0 Å². The van der Waals surface area contributed by atoms with Crippen LogP contribution in [0.4, 0.5) is 4.39 Å². The van der Waals surface area contributed by atoms with Crippen LogP contribution in [0.15, 0.2) is 34.7 Å². The van der Waals surface area contributed by atoms with Gasteiger partial charge < -0.3 is 9.52 Å². The van der Waals surface area contributed by atoms with Crippen molar-refractivity contribution in [2.45, 2.75) is 20.0 Å². The fourth-order valence-electron chi connectivity index (χ4n) is 2.17. The van der Waals surface area contributed by atoms with Crippen LogP contribution in [0, 0.1) is 19.7 Å². The number of aliphatic hydroxyl groups is 1. The highest BCUT2D eigenvalue weighted by atomic mass is 19.1. The Kier molecular flexibility index (Phi) is 2.99. The third-order valence-electron chi connectivity index (χ3n) is 3.20. The summed E-state index contributed by atoms with van der Waals surface area (Å²) >= 11 is 0. The zero-order valence-electron chi connectivity index (χ0n) is 11.1. The number of nitrogens with zero attached hydrogens (tertiary/aromatic N) is 2. The number of furan rings is 1. The highest BCUT2D eigenvalue weighted by Gasteiger charge is 2.19. The highest BCUT2D eigenvalue weighted by molar-refractivity contribution is 5.78. The van der Waals surface area contributed by atoms with Crippen LogP contribution in [-0.4, -0.2) is 15.3 Å². The van der Waals surface area contributed by atoms with Crippen molar-refractivity contribution >= 4 is 11.0 Å². The van der Waals surface area contributed by atoms with E-state index >= 15 is 0 Å². The van der Waals surface area contributed by atoms with Gasteiger partial charge >= 0.3 is 0 Å². The van der Waals surface area contributed by atoms with Crippen LogP contribution in [0.25, 0.3) is 11.0 Å². The summed E-state index contributed by atoms with van der Waals surface area (Å²) in [5.74, 6) is 0.0260. The number of aliphatic hydroxyl groups excluding tert-OH is 1. The molecule has 3 rings (SSSR count). The first-order valence-electron chi connectivity index (χ1n) is 6.22. The third kappa shape index (κ3) is 2.16. The van der Waals surface area contributed by atoms with Gasteiger partial charge in [0.1, 0.15) is 23.3 Å². The number of halogens is 1. The number of hydrogen-bond donors (Lipinski definition) is 1. The quantitative estimate of drug-likeness (QED) is 0.779. The Morgan fingerprint density at radius 2 is 1.95 bits per heavy atom. The predicted octanol–water partition coefficient (Wildman–Crippen LogP) is 3.06. The topological polar surface area (TPSA) is 59.2 Å². The van der Waals surface area contributed by atoms with Gasteiger partial charge in [-0.15, -0.1) is 0 Å². The molecule has 3 aromatic rings. The average Bonchev–Trinajstić information content (AvgIpc) is 2.83. The molecule has 4 nitrogen and oxygen atoms in total. The lowest BCUT2D eigenvalue weighted by molar-refractivity contribution is 0.190. The fraction of sp³-hybridized carbons (Fsp3) is 0.200. The molecule has 0 aliphatic carbocycles. The molecule has 0 bridgehead atoms. The summed E-state index contributed by atoms with van der Waals surface area (Å²) in [5, 5.41) is 18.9. The standard InChI is InChI=1S/C15H13FN2O2/c1-8-5-12(9(2)18-17-8)15(19)14-7-10-6-11(16)3-4-13(10)20-14/h3-7,15,19H,1-2H3. The normalized spacial score (nSPS) is 12.8. The van der Waals surface area contributed by atoms with Crippen LogP contribution in [-0.2, 0) is 0 Å². The van der Waals surface area contributed by atoms with E-state index in [4.69, 9.17) is 4.42 Å². The number of rotatable bonds is 2. The Morgan fingerprint density at radius 1 is 1.15 bits per heavy atom. The maximum absolute atomic E-state index is 13.2. The summed E-state index contributed by atoms with van der Waals surface area (Å²) in [6, 6.07) is 7.65. The van der Waals surface area contributed by atoms with Crippen LogP contribution >= 0.6 is 0 Å². The SMILES string of the molecule is Cc1cc(C(O)c2cc3cc(F)ccc3o2)c(C)nn1. The van der Waals surface area contributed by atoms with Gasteiger partial charge in [0, 0.05) is 10.9 Å². The summed E-state index contributed by atoms with van der Waals surface area (Å²) < 4.78 is 18.7. The maximum Gasteiger partial charge on any atom is 0.139 e.